The van der Waals surface area contributed by atoms with Gasteiger partial charge in [-0.25, -0.2) is 0 Å². The molecule has 4 nitrogen and oxygen atoms in total. The minimum atomic E-state index is 0.832. The Balaban J connectivity index is 1.31. The third-order valence-electron chi connectivity index (χ3n) is 4.92. The predicted octanol–water partition coefficient (Wildman–Crippen LogP) is 2.04. The van der Waals surface area contributed by atoms with Crippen molar-refractivity contribution in [2.24, 2.45) is 11.8 Å². The van der Waals surface area contributed by atoms with E-state index in [2.05, 4.69) is 38.0 Å². The van der Waals surface area contributed by atoms with Crippen LogP contribution in [0.3, 0.4) is 0 Å². The zero-order valence-electron chi connectivity index (χ0n) is 12.8. The SMILES string of the molecule is c1cncc(CN2C[C@H]3CN(Cc4ccncc4)C[C@@H]3C2)c1. The first-order valence-corrected chi connectivity index (χ1v) is 8.09. The minimum Gasteiger partial charge on any atom is -0.298 e. The van der Waals surface area contributed by atoms with Crippen molar-refractivity contribution in [1.29, 1.82) is 0 Å². The van der Waals surface area contributed by atoms with Crippen molar-refractivity contribution in [2.75, 3.05) is 26.2 Å². The van der Waals surface area contributed by atoms with Gasteiger partial charge in [0.15, 0.2) is 0 Å². The Morgan fingerprint density at radius 1 is 0.773 bits per heavy atom. The van der Waals surface area contributed by atoms with Gasteiger partial charge in [0, 0.05) is 64.1 Å². The highest BCUT2D eigenvalue weighted by atomic mass is 15.2. The summed E-state index contributed by atoms with van der Waals surface area (Å²) in [6.07, 6.45) is 7.62. The molecule has 2 saturated heterocycles. The molecule has 0 N–H and O–H groups in total. The van der Waals surface area contributed by atoms with E-state index in [0.717, 1.165) is 24.9 Å². The first-order chi connectivity index (χ1) is 10.9. The van der Waals surface area contributed by atoms with E-state index in [0.29, 0.717) is 0 Å². The lowest BCUT2D eigenvalue weighted by molar-refractivity contribution is 0.246. The molecule has 2 aliphatic rings. The molecule has 4 rings (SSSR count). The topological polar surface area (TPSA) is 32.3 Å². The number of aromatic nitrogens is 2. The molecule has 0 spiro atoms. The third kappa shape index (κ3) is 3.03. The molecule has 114 valence electrons. The lowest BCUT2D eigenvalue weighted by Gasteiger charge is -2.21. The summed E-state index contributed by atoms with van der Waals surface area (Å²) >= 11 is 0. The van der Waals surface area contributed by atoms with E-state index in [1.807, 2.05) is 30.9 Å². The molecule has 2 aromatic rings. The van der Waals surface area contributed by atoms with Crippen LogP contribution in [-0.2, 0) is 13.1 Å². The highest BCUT2D eigenvalue weighted by Crippen LogP contribution is 2.32. The van der Waals surface area contributed by atoms with Crippen LogP contribution in [0.25, 0.3) is 0 Å². The maximum Gasteiger partial charge on any atom is 0.0312 e. The second-order valence-electron chi connectivity index (χ2n) is 6.63. The molecule has 0 unspecified atom stereocenters. The van der Waals surface area contributed by atoms with Gasteiger partial charge in [0.05, 0.1) is 0 Å². The smallest absolute Gasteiger partial charge is 0.0312 e. The predicted molar refractivity (Wildman–Crippen MR) is 86.0 cm³/mol. The van der Waals surface area contributed by atoms with Gasteiger partial charge in [-0.3, -0.25) is 19.8 Å². The zero-order valence-corrected chi connectivity index (χ0v) is 12.8. The summed E-state index contributed by atoms with van der Waals surface area (Å²) in [7, 11) is 0. The summed E-state index contributed by atoms with van der Waals surface area (Å²) in [5.41, 5.74) is 2.71. The van der Waals surface area contributed by atoms with Crippen molar-refractivity contribution in [3.8, 4) is 0 Å². The monoisotopic (exact) mass is 294 g/mol. The summed E-state index contributed by atoms with van der Waals surface area (Å²) < 4.78 is 0. The van der Waals surface area contributed by atoms with Crippen LogP contribution >= 0.6 is 0 Å². The first-order valence-electron chi connectivity index (χ1n) is 8.09. The van der Waals surface area contributed by atoms with Crippen molar-refractivity contribution in [2.45, 2.75) is 13.1 Å². The van der Waals surface area contributed by atoms with E-state index < -0.39 is 0 Å². The number of hydrogen-bond acceptors (Lipinski definition) is 4. The van der Waals surface area contributed by atoms with Crippen molar-refractivity contribution in [3.05, 3.63) is 60.2 Å². The Bertz CT molecular complexity index is 533. The van der Waals surface area contributed by atoms with E-state index >= 15 is 0 Å². The Hall–Kier alpha value is -1.78. The lowest BCUT2D eigenvalue weighted by Crippen LogP contribution is -2.28. The summed E-state index contributed by atoms with van der Waals surface area (Å²) in [5, 5.41) is 0. The molecule has 2 fully saturated rings. The molecular formula is C18H22N4. The Kier molecular flexibility index (Phi) is 3.87. The van der Waals surface area contributed by atoms with Crippen molar-refractivity contribution < 1.29 is 0 Å². The number of likely N-dealkylation sites (tertiary alicyclic amines) is 2. The van der Waals surface area contributed by atoms with Crippen molar-refractivity contribution in [1.82, 2.24) is 19.8 Å². The average Bonchev–Trinajstić information content (AvgIpc) is 3.07. The molecule has 2 atom stereocenters. The van der Waals surface area contributed by atoms with Gasteiger partial charge in [0.25, 0.3) is 0 Å². The van der Waals surface area contributed by atoms with E-state index in [4.69, 9.17) is 0 Å². The third-order valence-corrected chi connectivity index (χ3v) is 4.92. The van der Waals surface area contributed by atoms with E-state index in [9.17, 15) is 0 Å². The number of rotatable bonds is 4. The summed E-state index contributed by atoms with van der Waals surface area (Å²) in [5.74, 6) is 1.66. The molecule has 0 amide bonds. The van der Waals surface area contributed by atoms with Crippen LogP contribution in [0, 0.1) is 11.8 Å². The van der Waals surface area contributed by atoms with Gasteiger partial charge in [-0.15, -0.1) is 0 Å². The van der Waals surface area contributed by atoms with Gasteiger partial charge in [-0.1, -0.05) is 6.07 Å². The van der Waals surface area contributed by atoms with E-state index in [1.54, 1.807) is 0 Å². The molecule has 0 radical (unpaired) electrons. The molecule has 4 heterocycles. The quantitative estimate of drug-likeness (QED) is 0.864. The first kappa shape index (κ1) is 13.9. The van der Waals surface area contributed by atoms with Crippen LogP contribution in [0.2, 0.25) is 0 Å². The van der Waals surface area contributed by atoms with Gasteiger partial charge < -0.3 is 0 Å². The Labute approximate surface area is 131 Å². The molecule has 4 heteroatoms. The maximum atomic E-state index is 4.22. The molecule has 2 aliphatic heterocycles. The molecule has 22 heavy (non-hydrogen) atoms. The standard InChI is InChI=1S/C18H22N4/c1-2-16(8-20-5-1)10-22-13-17-11-21(12-18(17)14-22)9-15-3-6-19-7-4-15/h1-8,17-18H,9-14H2/t17-,18-/m1/s1. The normalized spacial score (nSPS) is 25.5. The summed E-state index contributed by atoms with van der Waals surface area (Å²) in [6, 6.07) is 8.46. The maximum absolute atomic E-state index is 4.22. The van der Waals surface area contributed by atoms with Gasteiger partial charge in [-0.05, 0) is 41.2 Å². The van der Waals surface area contributed by atoms with Crippen LogP contribution in [-0.4, -0.2) is 45.9 Å². The number of nitrogens with zero attached hydrogens (tertiary/aromatic N) is 4. The Morgan fingerprint density at radius 3 is 2.00 bits per heavy atom. The van der Waals surface area contributed by atoms with Gasteiger partial charge in [0.1, 0.15) is 0 Å². The number of hydrogen-bond donors (Lipinski definition) is 0. The molecule has 2 aromatic heterocycles. The molecule has 0 aromatic carbocycles. The van der Waals surface area contributed by atoms with Crippen LogP contribution in [0.1, 0.15) is 11.1 Å². The minimum absolute atomic E-state index is 0.832. The average molecular weight is 294 g/mol. The second kappa shape index (κ2) is 6.15. The van der Waals surface area contributed by atoms with Crippen LogP contribution in [0.15, 0.2) is 49.1 Å². The zero-order chi connectivity index (χ0) is 14.8. The fourth-order valence-corrected chi connectivity index (χ4v) is 3.94. The van der Waals surface area contributed by atoms with Crippen molar-refractivity contribution >= 4 is 0 Å². The fourth-order valence-electron chi connectivity index (χ4n) is 3.94. The number of pyridine rings is 2. The molecule has 0 saturated carbocycles. The van der Waals surface area contributed by atoms with Crippen LogP contribution in [0.4, 0.5) is 0 Å². The highest BCUT2D eigenvalue weighted by molar-refractivity contribution is 5.11. The molecule has 0 aliphatic carbocycles. The highest BCUT2D eigenvalue weighted by Gasteiger charge is 2.39. The number of fused-ring (bicyclic) bond motifs is 1. The molecular weight excluding hydrogens is 272 g/mol. The summed E-state index contributed by atoms with van der Waals surface area (Å²) in [6.45, 7) is 7.04. The van der Waals surface area contributed by atoms with Gasteiger partial charge in [0.2, 0.25) is 0 Å². The van der Waals surface area contributed by atoms with Gasteiger partial charge >= 0.3 is 0 Å². The second-order valence-corrected chi connectivity index (χ2v) is 6.63. The van der Waals surface area contributed by atoms with Crippen LogP contribution < -0.4 is 0 Å². The van der Waals surface area contributed by atoms with Crippen LogP contribution in [0.5, 0.6) is 0 Å². The fraction of sp³-hybridized carbons (Fsp3) is 0.444. The molecule has 0 bridgehead atoms. The van der Waals surface area contributed by atoms with E-state index in [1.165, 1.54) is 37.3 Å². The van der Waals surface area contributed by atoms with E-state index in [-0.39, 0.29) is 0 Å². The summed E-state index contributed by atoms with van der Waals surface area (Å²) in [4.78, 5) is 13.5. The largest absolute Gasteiger partial charge is 0.298 e. The van der Waals surface area contributed by atoms with Gasteiger partial charge in [-0.2, -0.15) is 0 Å². The van der Waals surface area contributed by atoms with Crippen molar-refractivity contribution in [3.63, 3.8) is 0 Å². The Morgan fingerprint density at radius 2 is 1.41 bits per heavy atom. The lowest BCUT2D eigenvalue weighted by atomic mass is 10.0.